The third-order valence-corrected chi connectivity index (χ3v) is 5.85. The van der Waals surface area contributed by atoms with Crippen LogP contribution in [0.25, 0.3) is 0 Å². The van der Waals surface area contributed by atoms with Gasteiger partial charge in [0.15, 0.2) is 5.96 Å². The fraction of sp³-hybridized carbons (Fsp3) is 0.714. The molecule has 1 aromatic rings. The lowest BCUT2D eigenvalue weighted by Gasteiger charge is -2.48. The molecule has 1 aromatic heterocycles. The van der Waals surface area contributed by atoms with Crippen molar-refractivity contribution >= 4 is 5.96 Å². The molecular formula is C21H35N5O2. The minimum atomic E-state index is 0.213. The van der Waals surface area contributed by atoms with Crippen LogP contribution in [-0.2, 0) is 11.3 Å². The summed E-state index contributed by atoms with van der Waals surface area (Å²) in [5.74, 6) is 1.51. The molecule has 0 bridgehead atoms. The molecule has 1 saturated heterocycles. The van der Waals surface area contributed by atoms with Gasteiger partial charge in [0.25, 0.3) is 0 Å². The van der Waals surface area contributed by atoms with E-state index in [-0.39, 0.29) is 5.54 Å². The Hall–Kier alpha value is -1.86. The van der Waals surface area contributed by atoms with E-state index in [0.717, 1.165) is 44.4 Å². The number of morpholine rings is 1. The summed E-state index contributed by atoms with van der Waals surface area (Å²) in [6, 6.07) is 3.97. The number of ether oxygens (including phenoxy) is 2. The van der Waals surface area contributed by atoms with Crippen molar-refractivity contribution in [3.8, 4) is 5.88 Å². The first-order valence-corrected chi connectivity index (χ1v) is 10.6. The maximum absolute atomic E-state index is 5.62. The first kappa shape index (κ1) is 20.9. The Kier molecular flexibility index (Phi) is 7.91. The summed E-state index contributed by atoms with van der Waals surface area (Å²) in [5.41, 5.74) is 1.25. The predicted octanol–water partition coefficient (Wildman–Crippen LogP) is 2.18. The lowest BCUT2D eigenvalue weighted by molar-refractivity contribution is -0.0352. The number of aliphatic imine (C=N–C) groups is 1. The van der Waals surface area contributed by atoms with Crippen molar-refractivity contribution in [1.82, 2.24) is 20.5 Å². The summed E-state index contributed by atoms with van der Waals surface area (Å²) in [5, 5.41) is 7.01. The Bertz CT molecular complexity index is 625. The van der Waals surface area contributed by atoms with Gasteiger partial charge >= 0.3 is 0 Å². The van der Waals surface area contributed by atoms with E-state index >= 15 is 0 Å². The largest absolute Gasteiger partial charge is 0.478 e. The van der Waals surface area contributed by atoms with Gasteiger partial charge in [-0.2, -0.15) is 0 Å². The van der Waals surface area contributed by atoms with Crippen LogP contribution in [0.1, 0.15) is 44.6 Å². The number of guanidine groups is 1. The number of nitrogens with one attached hydrogen (secondary N) is 2. The van der Waals surface area contributed by atoms with Gasteiger partial charge in [-0.25, -0.2) is 4.98 Å². The number of hydrogen-bond acceptors (Lipinski definition) is 5. The summed E-state index contributed by atoms with van der Waals surface area (Å²) in [4.78, 5) is 11.4. The number of aromatic nitrogens is 1. The topological polar surface area (TPSA) is 71.0 Å². The third kappa shape index (κ3) is 5.35. The van der Waals surface area contributed by atoms with Gasteiger partial charge in [0.05, 0.1) is 19.8 Å². The second-order valence-corrected chi connectivity index (χ2v) is 7.56. The second-order valence-electron chi connectivity index (χ2n) is 7.56. The van der Waals surface area contributed by atoms with Crippen LogP contribution in [0.15, 0.2) is 23.3 Å². The van der Waals surface area contributed by atoms with Crippen LogP contribution in [0.5, 0.6) is 5.88 Å². The van der Waals surface area contributed by atoms with Crippen LogP contribution in [0.2, 0.25) is 0 Å². The Labute approximate surface area is 168 Å². The normalized spacial score (nSPS) is 20.6. The van der Waals surface area contributed by atoms with Crippen LogP contribution in [0.4, 0.5) is 0 Å². The monoisotopic (exact) mass is 389 g/mol. The molecule has 1 aliphatic carbocycles. The van der Waals surface area contributed by atoms with Gasteiger partial charge in [-0.3, -0.25) is 9.89 Å². The lowest BCUT2D eigenvalue weighted by atomic mass is 9.80. The highest BCUT2D eigenvalue weighted by Gasteiger charge is 2.38. The Balaban J connectivity index is 1.59. The second kappa shape index (κ2) is 10.6. The Morgan fingerprint density at radius 3 is 2.75 bits per heavy atom. The summed E-state index contributed by atoms with van der Waals surface area (Å²) < 4.78 is 11.2. The number of hydrogen-bond donors (Lipinski definition) is 2. The fourth-order valence-corrected chi connectivity index (χ4v) is 4.33. The molecule has 0 unspecified atom stereocenters. The van der Waals surface area contributed by atoms with Crippen molar-refractivity contribution in [3.05, 3.63) is 23.9 Å². The van der Waals surface area contributed by atoms with Gasteiger partial charge in [-0.1, -0.05) is 25.3 Å². The van der Waals surface area contributed by atoms with Gasteiger partial charge in [0, 0.05) is 50.5 Å². The SMILES string of the molecule is CCOc1ncccc1CNC(=NC)NCC1(N2CCOCC2)CCCCC1. The molecule has 1 aliphatic heterocycles. The molecule has 0 radical (unpaired) electrons. The molecule has 1 saturated carbocycles. The van der Waals surface area contributed by atoms with Crippen molar-refractivity contribution in [3.63, 3.8) is 0 Å². The van der Waals surface area contributed by atoms with Crippen LogP contribution < -0.4 is 15.4 Å². The van der Waals surface area contributed by atoms with E-state index in [1.807, 2.05) is 26.1 Å². The maximum atomic E-state index is 5.62. The Morgan fingerprint density at radius 1 is 1.25 bits per heavy atom. The molecule has 2 N–H and O–H groups in total. The van der Waals surface area contributed by atoms with Crippen molar-refractivity contribution < 1.29 is 9.47 Å². The van der Waals surface area contributed by atoms with Crippen molar-refractivity contribution in [2.45, 2.75) is 51.1 Å². The maximum Gasteiger partial charge on any atom is 0.218 e. The van der Waals surface area contributed by atoms with E-state index in [9.17, 15) is 0 Å². The molecule has 0 spiro atoms. The smallest absolute Gasteiger partial charge is 0.218 e. The van der Waals surface area contributed by atoms with Gasteiger partial charge in [-0.15, -0.1) is 0 Å². The van der Waals surface area contributed by atoms with Crippen LogP contribution >= 0.6 is 0 Å². The molecular weight excluding hydrogens is 354 g/mol. The highest BCUT2D eigenvalue weighted by Crippen LogP contribution is 2.33. The highest BCUT2D eigenvalue weighted by atomic mass is 16.5. The molecule has 0 atom stereocenters. The van der Waals surface area contributed by atoms with E-state index in [0.29, 0.717) is 19.0 Å². The molecule has 2 fully saturated rings. The zero-order chi connectivity index (χ0) is 19.7. The minimum Gasteiger partial charge on any atom is -0.478 e. The zero-order valence-corrected chi connectivity index (χ0v) is 17.4. The van der Waals surface area contributed by atoms with Gasteiger partial charge in [0.1, 0.15) is 0 Å². The first-order chi connectivity index (χ1) is 13.8. The van der Waals surface area contributed by atoms with Crippen molar-refractivity contribution in [1.29, 1.82) is 0 Å². The van der Waals surface area contributed by atoms with Crippen molar-refractivity contribution in [2.24, 2.45) is 4.99 Å². The summed E-state index contributed by atoms with van der Waals surface area (Å²) in [7, 11) is 1.82. The van der Waals surface area contributed by atoms with E-state index < -0.39 is 0 Å². The number of rotatable bonds is 7. The van der Waals surface area contributed by atoms with Crippen molar-refractivity contribution in [2.75, 3.05) is 46.5 Å². The average Bonchev–Trinajstić information content (AvgIpc) is 2.76. The standard InChI is InChI=1S/C21H35N5O2/c1-3-28-19-18(8-7-11-23-19)16-24-20(22-2)25-17-21(9-5-4-6-10-21)26-12-14-27-15-13-26/h7-8,11H,3-6,9-10,12-17H2,1-2H3,(H2,22,24,25). The van der Waals surface area contributed by atoms with E-state index in [1.54, 1.807) is 6.20 Å². The van der Waals surface area contributed by atoms with Crippen LogP contribution in [0, 0.1) is 0 Å². The van der Waals surface area contributed by atoms with Gasteiger partial charge in [0.2, 0.25) is 5.88 Å². The molecule has 7 heteroatoms. The summed E-state index contributed by atoms with van der Waals surface area (Å²) in [6.45, 7) is 7.88. The van der Waals surface area contributed by atoms with Crippen LogP contribution in [-0.4, -0.2) is 67.9 Å². The highest BCUT2D eigenvalue weighted by molar-refractivity contribution is 5.79. The molecule has 3 rings (SSSR count). The molecule has 0 amide bonds. The van der Waals surface area contributed by atoms with Crippen LogP contribution in [0.3, 0.4) is 0 Å². The molecule has 2 aliphatic rings. The quantitative estimate of drug-likeness (QED) is 0.550. The fourth-order valence-electron chi connectivity index (χ4n) is 4.33. The number of pyridine rings is 1. The lowest BCUT2D eigenvalue weighted by Crippen LogP contribution is -2.60. The molecule has 28 heavy (non-hydrogen) atoms. The molecule has 7 nitrogen and oxygen atoms in total. The Morgan fingerprint density at radius 2 is 2.04 bits per heavy atom. The predicted molar refractivity (Wildman–Crippen MR) is 112 cm³/mol. The molecule has 0 aromatic carbocycles. The molecule has 2 heterocycles. The van der Waals surface area contributed by atoms with E-state index in [1.165, 1.54) is 32.1 Å². The van der Waals surface area contributed by atoms with Gasteiger partial charge < -0.3 is 20.1 Å². The first-order valence-electron chi connectivity index (χ1n) is 10.6. The minimum absolute atomic E-state index is 0.213. The summed E-state index contributed by atoms with van der Waals surface area (Å²) >= 11 is 0. The molecule has 156 valence electrons. The van der Waals surface area contributed by atoms with E-state index in [2.05, 4.69) is 25.5 Å². The average molecular weight is 390 g/mol. The zero-order valence-electron chi connectivity index (χ0n) is 17.4. The summed E-state index contributed by atoms with van der Waals surface area (Å²) in [6.07, 6.45) is 8.20. The number of nitrogens with zero attached hydrogens (tertiary/aromatic N) is 3. The van der Waals surface area contributed by atoms with E-state index in [4.69, 9.17) is 9.47 Å². The van der Waals surface area contributed by atoms with Gasteiger partial charge in [-0.05, 0) is 25.8 Å². The third-order valence-electron chi connectivity index (χ3n) is 5.85.